The lowest BCUT2D eigenvalue weighted by molar-refractivity contribution is 0.0481. The van der Waals surface area contributed by atoms with Crippen LogP contribution in [-0.4, -0.2) is 45.2 Å². The van der Waals surface area contributed by atoms with Gasteiger partial charge in [0.25, 0.3) is 5.56 Å². The highest BCUT2D eigenvalue weighted by molar-refractivity contribution is 7.99. The fraction of sp³-hybridized carbons (Fsp3) is 0.375. The number of alkyl carbamates (subject to hydrolysis) is 1. The van der Waals surface area contributed by atoms with E-state index in [0.717, 1.165) is 6.07 Å². The summed E-state index contributed by atoms with van der Waals surface area (Å²) in [4.78, 5) is 41.7. The smallest absolute Gasteiger partial charge is 0.407 e. The van der Waals surface area contributed by atoms with E-state index in [-0.39, 0.29) is 40.3 Å². The molecule has 2 aromatic carbocycles. The number of aryl methyl sites for hydroxylation is 1. The van der Waals surface area contributed by atoms with Gasteiger partial charge in [0.05, 0.1) is 28.6 Å². The molecule has 1 aromatic heterocycles. The number of fused-ring (bicyclic) bond motifs is 1. The maximum Gasteiger partial charge on any atom is 0.407 e. The van der Waals surface area contributed by atoms with Crippen LogP contribution in [0.3, 0.4) is 0 Å². The molecule has 0 aliphatic rings. The summed E-state index contributed by atoms with van der Waals surface area (Å²) in [6.45, 7) is 6.43. The lowest BCUT2D eigenvalue weighted by Crippen LogP contribution is -2.41. The number of carbonyl (C=O) groups is 1. The van der Waals surface area contributed by atoms with Gasteiger partial charge < -0.3 is 20.1 Å². The fourth-order valence-corrected chi connectivity index (χ4v) is 5.08. The molecule has 1 amide bonds. The van der Waals surface area contributed by atoms with Crippen molar-refractivity contribution < 1.29 is 23.4 Å². The molecular formula is C24H26ClF2N3O5S. The Morgan fingerprint density at radius 1 is 1.19 bits per heavy atom. The van der Waals surface area contributed by atoms with Gasteiger partial charge in [-0.05, 0) is 51.8 Å². The van der Waals surface area contributed by atoms with E-state index in [1.807, 2.05) is 0 Å². The lowest BCUT2D eigenvalue weighted by atomic mass is 9.98. The number of aromatic nitrogens is 2. The minimum Gasteiger partial charge on any atom is -0.444 e. The van der Waals surface area contributed by atoms with E-state index in [1.165, 1.54) is 17.8 Å². The summed E-state index contributed by atoms with van der Waals surface area (Å²) >= 11 is 7.10. The molecule has 0 saturated heterocycles. The molecule has 3 rings (SSSR count). The Bertz CT molecular complexity index is 1420. The second-order valence-electron chi connectivity index (χ2n) is 9.14. The van der Waals surface area contributed by atoms with Gasteiger partial charge in [-0.3, -0.25) is 9.78 Å². The molecule has 0 saturated carbocycles. The van der Waals surface area contributed by atoms with Gasteiger partial charge in [0.1, 0.15) is 17.2 Å². The van der Waals surface area contributed by atoms with Gasteiger partial charge in [-0.25, -0.2) is 18.4 Å². The van der Waals surface area contributed by atoms with Crippen LogP contribution in [0, 0.1) is 18.6 Å². The summed E-state index contributed by atoms with van der Waals surface area (Å²) in [7, 11) is 0. The molecule has 0 spiro atoms. The van der Waals surface area contributed by atoms with Crippen LogP contribution in [0.4, 0.5) is 13.6 Å². The zero-order valence-electron chi connectivity index (χ0n) is 20.1. The fourth-order valence-electron chi connectivity index (χ4n) is 3.59. The average molecular weight is 542 g/mol. The molecule has 0 aliphatic heterocycles. The number of aliphatic hydroxyl groups excluding tert-OH is 1. The van der Waals surface area contributed by atoms with Gasteiger partial charge in [-0.2, -0.15) is 0 Å². The van der Waals surface area contributed by atoms with Crippen molar-refractivity contribution in [1.82, 2.24) is 15.3 Å². The average Bonchev–Trinajstić information content (AvgIpc) is 2.75. The molecule has 0 aliphatic carbocycles. The van der Waals surface area contributed by atoms with Crippen LogP contribution >= 0.6 is 23.4 Å². The van der Waals surface area contributed by atoms with E-state index in [4.69, 9.17) is 16.3 Å². The van der Waals surface area contributed by atoms with Crippen molar-refractivity contribution in [3.05, 3.63) is 61.3 Å². The Hall–Kier alpha value is -2.89. The van der Waals surface area contributed by atoms with Crippen LogP contribution < -0.4 is 16.6 Å². The number of aliphatic hydroxyl groups is 1. The summed E-state index contributed by atoms with van der Waals surface area (Å²) in [6.07, 6.45) is -0.415. The number of thioether (sulfide) groups is 1. The number of aromatic amines is 2. The van der Waals surface area contributed by atoms with Crippen molar-refractivity contribution in [3.8, 4) is 11.1 Å². The topological polar surface area (TPSA) is 124 Å². The first-order valence-corrected chi connectivity index (χ1v) is 12.3. The number of benzene rings is 2. The molecule has 0 fully saturated rings. The van der Waals surface area contributed by atoms with Crippen LogP contribution in [-0.2, 0) is 4.74 Å². The first-order valence-electron chi connectivity index (χ1n) is 11.0. The van der Waals surface area contributed by atoms with Gasteiger partial charge in [0.15, 0.2) is 0 Å². The Balaban J connectivity index is 2.02. The van der Waals surface area contributed by atoms with Crippen molar-refractivity contribution >= 4 is 40.4 Å². The largest absolute Gasteiger partial charge is 0.444 e. The second-order valence-corrected chi connectivity index (χ2v) is 10.6. The number of H-pyrrole nitrogens is 2. The molecule has 12 heteroatoms. The SMILES string of the molecule is Cc1cc2c(=O)[nH]c(=O)[nH]c2c(SCC[C@H](CO)NC(=O)OC(C)(C)C)c1-c1cc(Cl)c(F)cc1F. The number of hydrogen-bond donors (Lipinski definition) is 4. The zero-order chi connectivity index (χ0) is 26.8. The lowest BCUT2D eigenvalue weighted by Gasteiger charge is -2.23. The van der Waals surface area contributed by atoms with E-state index in [0.29, 0.717) is 22.1 Å². The van der Waals surface area contributed by atoms with Gasteiger partial charge in [-0.15, -0.1) is 11.8 Å². The summed E-state index contributed by atoms with van der Waals surface area (Å²) in [6, 6.07) is 2.67. The highest BCUT2D eigenvalue weighted by Crippen LogP contribution is 2.41. The Morgan fingerprint density at radius 3 is 2.53 bits per heavy atom. The standard InChI is InChI=1S/C24H26ClF2N3O5S/c1-11-7-14-19(29-22(33)30-21(14)32)20(18(11)13-8-15(25)17(27)9-16(13)26)36-6-5-12(10-31)28-23(34)35-24(2,3)4/h7-9,12,31H,5-6,10H2,1-4H3,(H,28,34)(H2,29,30,32,33)/t12-/m1/s1. The van der Waals surface area contributed by atoms with Crippen LogP contribution in [0.15, 0.2) is 32.7 Å². The van der Waals surface area contributed by atoms with E-state index in [1.54, 1.807) is 27.7 Å². The predicted octanol–water partition coefficient (Wildman–Crippen LogP) is 4.49. The Kier molecular flexibility index (Phi) is 8.48. The van der Waals surface area contributed by atoms with Crippen molar-refractivity contribution in [2.75, 3.05) is 12.4 Å². The van der Waals surface area contributed by atoms with E-state index < -0.39 is 40.6 Å². The normalized spacial score (nSPS) is 12.6. The number of hydrogen-bond acceptors (Lipinski definition) is 6. The minimum atomic E-state index is -0.922. The highest BCUT2D eigenvalue weighted by Gasteiger charge is 2.22. The molecule has 3 aromatic rings. The third-order valence-electron chi connectivity index (χ3n) is 5.12. The molecule has 1 heterocycles. The third-order valence-corrected chi connectivity index (χ3v) is 6.55. The minimum absolute atomic E-state index is 0.00461. The van der Waals surface area contributed by atoms with Crippen molar-refractivity contribution in [2.45, 2.75) is 50.7 Å². The monoisotopic (exact) mass is 541 g/mol. The summed E-state index contributed by atoms with van der Waals surface area (Å²) in [5, 5.41) is 12.2. The number of nitrogens with one attached hydrogen (secondary N) is 3. The first-order chi connectivity index (χ1) is 16.8. The van der Waals surface area contributed by atoms with Crippen LogP contribution in [0.25, 0.3) is 22.0 Å². The Morgan fingerprint density at radius 2 is 1.89 bits per heavy atom. The molecule has 0 bridgehead atoms. The third kappa shape index (κ3) is 6.45. The summed E-state index contributed by atoms with van der Waals surface area (Å²) in [5.74, 6) is -1.50. The molecule has 0 radical (unpaired) electrons. The van der Waals surface area contributed by atoms with Crippen molar-refractivity contribution in [2.24, 2.45) is 0 Å². The second kappa shape index (κ2) is 11.0. The molecule has 1 atom stereocenters. The molecule has 8 nitrogen and oxygen atoms in total. The summed E-state index contributed by atoms with van der Waals surface area (Å²) in [5.41, 5.74) is -1.09. The number of amides is 1. The van der Waals surface area contributed by atoms with E-state index in [2.05, 4.69) is 15.3 Å². The van der Waals surface area contributed by atoms with E-state index >= 15 is 0 Å². The van der Waals surface area contributed by atoms with Crippen LogP contribution in [0.5, 0.6) is 0 Å². The molecule has 0 unspecified atom stereocenters. The van der Waals surface area contributed by atoms with Crippen molar-refractivity contribution in [1.29, 1.82) is 0 Å². The molecular weight excluding hydrogens is 516 g/mol. The first kappa shape index (κ1) is 27.7. The Labute approximate surface area is 214 Å². The highest BCUT2D eigenvalue weighted by atomic mass is 35.5. The van der Waals surface area contributed by atoms with Crippen molar-refractivity contribution in [3.63, 3.8) is 0 Å². The van der Waals surface area contributed by atoms with Gasteiger partial charge in [-0.1, -0.05) is 11.6 Å². The molecule has 4 N–H and O–H groups in total. The number of ether oxygens (including phenoxy) is 1. The van der Waals surface area contributed by atoms with Gasteiger partial charge >= 0.3 is 11.8 Å². The number of rotatable bonds is 7. The van der Waals surface area contributed by atoms with Crippen LogP contribution in [0.2, 0.25) is 5.02 Å². The zero-order valence-corrected chi connectivity index (χ0v) is 21.6. The summed E-state index contributed by atoms with van der Waals surface area (Å²) < 4.78 is 33.9. The maximum atomic E-state index is 14.9. The van der Waals surface area contributed by atoms with Crippen LogP contribution in [0.1, 0.15) is 32.8 Å². The molecule has 36 heavy (non-hydrogen) atoms. The maximum absolute atomic E-state index is 14.9. The van der Waals surface area contributed by atoms with Gasteiger partial charge in [0.2, 0.25) is 0 Å². The van der Waals surface area contributed by atoms with Gasteiger partial charge in [0, 0.05) is 27.8 Å². The molecule has 194 valence electrons. The predicted molar refractivity (Wildman–Crippen MR) is 136 cm³/mol. The van der Waals surface area contributed by atoms with E-state index in [9.17, 15) is 28.3 Å². The number of halogens is 3. The number of carbonyl (C=O) groups excluding carboxylic acids is 1. The quantitative estimate of drug-likeness (QED) is 0.258.